The fourth-order valence-corrected chi connectivity index (χ4v) is 3.02. The second-order valence-corrected chi connectivity index (χ2v) is 8.45. The van der Waals surface area contributed by atoms with E-state index in [1.165, 1.54) is 0 Å². The van der Waals surface area contributed by atoms with Gasteiger partial charge in [0.1, 0.15) is 13.2 Å². The third kappa shape index (κ3) is 6.90. The fourth-order valence-electron chi connectivity index (χ4n) is 2.49. The summed E-state index contributed by atoms with van der Waals surface area (Å²) in [5.41, 5.74) is 1.87. The number of hydrogen-bond donors (Lipinski definition) is 1. The van der Waals surface area contributed by atoms with Crippen molar-refractivity contribution in [3.05, 3.63) is 62.5 Å². The highest BCUT2D eigenvalue weighted by atomic mass is 79.9. The van der Waals surface area contributed by atoms with Crippen LogP contribution >= 0.6 is 31.9 Å². The molecule has 1 N–H and O–H groups in total. The predicted molar refractivity (Wildman–Crippen MR) is 120 cm³/mol. The molecule has 0 saturated carbocycles. The monoisotopic (exact) mass is 525 g/mol. The molecule has 0 saturated heterocycles. The molecule has 154 valence electrons. The van der Waals surface area contributed by atoms with Crippen LogP contribution in [0.3, 0.4) is 0 Å². The normalized spacial score (nSPS) is 11.0. The first-order chi connectivity index (χ1) is 14.0. The summed E-state index contributed by atoms with van der Waals surface area (Å²) in [6.07, 6.45) is 1.89. The average molecular weight is 527 g/mol. The third-order valence-electron chi connectivity index (χ3n) is 3.69. The van der Waals surface area contributed by atoms with Crippen LogP contribution in [0.25, 0.3) is 6.08 Å². The van der Waals surface area contributed by atoms with Crippen LogP contribution in [-0.2, 0) is 16.2 Å². The van der Waals surface area contributed by atoms with E-state index in [4.69, 9.17) is 14.3 Å². The number of halogens is 2. The lowest BCUT2D eigenvalue weighted by molar-refractivity contribution is -0.129. The minimum Gasteiger partial charge on any atom is -0.490 e. The Morgan fingerprint density at radius 1 is 1.07 bits per heavy atom. The topological polar surface area (TPSA) is 77.4 Å². The maximum Gasteiger partial charge on any atom is 0.358 e. The molecule has 0 aliphatic carbocycles. The van der Waals surface area contributed by atoms with E-state index in [1.54, 1.807) is 25.1 Å². The summed E-state index contributed by atoms with van der Waals surface area (Å²) in [5.74, 6) is -0.0121. The molecule has 0 fully saturated rings. The molecule has 29 heavy (non-hydrogen) atoms. The van der Waals surface area contributed by atoms with E-state index in [9.17, 15) is 9.90 Å². The Morgan fingerprint density at radius 2 is 1.83 bits per heavy atom. The number of carboxylic acids is 1. The van der Waals surface area contributed by atoms with Crippen molar-refractivity contribution in [2.75, 3.05) is 13.2 Å². The number of carbonyl (C=O) groups is 1. The van der Waals surface area contributed by atoms with Gasteiger partial charge in [-0.05, 0) is 75.0 Å². The van der Waals surface area contributed by atoms with Gasteiger partial charge in [-0.3, -0.25) is 0 Å². The molecule has 0 radical (unpaired) electrons. The van der Waals surface area contributed by atoms with E-state index < -0.39 is 5.97 Å². The van der Waals surface area contributed by atoms with Crippen LogP contribution in [0.15, 0.2) is 51.0 Å². The average Bonchev–Trinajstić information content (AvgIpc) is 2.68. The number of aliphatic carboxylic acids is 1. The summed E-state index contributed by atoms with van der Waals surface area (Å²) < 4.78 is 12.5. The molecule has 2 rings (SSSR count). The van der Waals surface area contributed by atoms with Gasteiger partial charge in [0.25, 0.3) is 0 Å². The Kier molecular flexibility index (Phi) is 9.21. The van der Waals surface area contributed by atoms with Crippen LogP contribution in [-0.4, -0.2) is 30.0 Å². The van der Waals surface area contributed by atoms with Crippen LogP contribution in [0, 0.1) is 0 Å². The molecule has 6 nitrogen and oxygen atoms in total. The van der Waals surface area contributed by atoms with Crippen molar-refractivity contribution >= 4 is 49.6 Å². The summed E-state index contributed by atoms with van der Waals surface area (Å²) >= 11 is 6.68. The second kappa shape index (κ2) is 11.6. The number of oxime groups is 1. The highest BCUT2D eigenvalue weighted by molar-refractivity contribution is 9.28. The highest BCUT2D eigenvalue weighted by Crippen LogP contribution is 2.31. The van der Waals surface area contributed by atoms with Gasteiger partial charge in [0, 0.05) is 5.56 Å². The Morgan fingerprint density at radius 3 is 2.48 bits per heavy atom. The van der Waals surface area contributed by atoms with Crippen molar-refractivity contribution in [1.82, 2.24) is 0 Å². The predicted octanol–water partition coefficient (Wildman–Crippen LogP) is 5.58. The smallest absolute Gasteiger partial charge is 0.358 e. The molecule has 0 atom stereocenters. The van der Waals surface area contributed by atoms with Crippen molar-refractivity contribution in [1.29, 1.82) is 0 Å². The van der Waals surface area contributed by atoms with Crippen LogP contribution in [0.5, 0.6) is 11.5 Å². The molecular weight excluding hydrogens is 506 g/mol. The molecule has 0 bridgehead atoms. The Bertz CT molecular complexity index is 908. The van der Waals surface area contributed by atoms with Gasteiger partial charge in [-0.1, -0.05) is 35.5 Å². The Labute approximate surface area is 186 Å². The Balaban J connectivity index is 2.30. The first-order valence-electron chi connectivity index (χ1n) is 8.90. The van der Waals surface area contributed by atoms with E-state index in [2.05, 4.69) is 37.0 Å². The number of ether oxygens (including phenoxy) is 2. The van der Waals surface area contributed by atoms with E-state index in [-0.39, 0.29) is 18.9 Å². The maximum absolute atomic E-state index is 11.6. The van der Waals surface area contributed by atoms with Gasteiger partial charge in [-0.15, -0.1) is 0 Å². The van der Waals surface area contributed by atoms with Gasteiger partial charge in [-0.25, -0.2) is 4.79 Å². The van der Waals surface area contributed by atoms with Gasteiger partial charge in [0.2, 0.25) is 0 Å². The van der Waals surface area contributed by atoms with Gasteiger partial charge in [0.15, 0.2) is 17.2 Å². The van der Waals surface area contributed by atoms with Crippen LogP contribution < -0.4 is 9.47 Å². The van der Waals surface area contributed by atoms with Crippen molar-refractivity contribution in [2.24, 2.45) is 5.16 Å². The zero-order chi connectivity index (χ0) is 21.2. The molecule has 0 heterocycles. The van der Waals surface area contributed by atoms with Crippen LogP contribution in [0.4, 0.5) is 0 Å². The highest BCUT2D eigenvalue weighted by Gasteiger charge is 2.18. The summed E-state index contributed by atoms with van der Waals surface area (Å²) in [6.45, 7) is 4.54. The first kappa shape index (κ1) is 23.0. The number of nitrogens with zero attached hydrogens (tertiary/aromatic N) is 1. The minimum absolute atomic E-state index is 0.145. The third-order valence-corrected chi connectivity index (χ3v) is 4.14. The van der Waals surface area contributed by atoms with Crippen LogP contribution in [0.1, 0.15) is 30.5 Å². The number of benzene rings is 2. The number of carboxylic acid groups (broad SMARTS) is 1. The lowest BCUT2D eigenvalue weighted by atomic mass is 10.0. The lowest BCUT2D eigenvalue weighted by Gasteiger charge is -2.14. The molecule has 0 aliphatic heterocycles. The number of hydrogen-bond acceptors (Lipinski definition) is 5. The SMILES string of the molecule is CCON=C(C(=O)O)c1ccccc1COc1ccc(C=C(Br)Br)cc1OCC. The van der Waals surface area contributed by atoms with Crippen molar-refractivity contribution < 1.29 is 24.2 Å². The molecular formula is C21H21Br2NO5. The van der Waals surface area contributed by atoms with E-state index >= 15 is 0 Å². The van der Waals surface area contributed by atoms with Crippen molar-refractivity contribution in [2.45, 2.75) is 20.5 Å². The molecule has 0 spiro atoms. The molecule has 2 aromatic carbocycles. The maximum atomic E-state index is 11.6. The van der Waals surface area contributed by atoms with Gasteiger partial charge in [-0.2, -0.15) is 0 Å². The lowest BCUT2D eigenvalue weighted by Crippen LogP contribution is -2.18. The van der Waals surface area contributed by atoms with Gasteiger partial charge in [0.05, 0.1) is 10.00 Å². The van der Waals surface area contributed by atoms with E-state index in [0.29, 0.717) is 29.2 Å². The van der Waals surface area contributed by atoms with E-state index in [1.807, 2.05) is 37.3 Å². The zero-order valence-electron chi connectivity index (χ0n) is 16.0. The van der Waals surface area contributed by atoms with E-state index in [0.717, 1.165) is 8.96 Å². The first-order valence-corrected chi connectivity index (χ1v) is 10.5. The molecule has 8 heteroatoms. The molecule has 0 unspecified atom stereocenters. The summed E-state index contributed by atoms with van der Waals surface area (Å²) in [5, 5.41) is 13.2. The van der Waals surface area contributed by atoms with Gasteiger partial charge < -0.3 is 19.4 Å². The molecule has 2 aromatic rings. The van der Waals surface area contributed by atoms with Crippen LogP contribution in [0.2, 0.25) is 0 Å². The zero-order valence-corrected chi connectivity index (χ0v) is 19.2. The molecule has 0 aliphatic rings. The summed E-state index contributed by atoms with van der Waals surface area (Å²) in [4.78, 5) is 16.6. The minimum atomic E-state index is -1.17. The van der Waals surface area contributed by atoms with Gasteiger partial charge >= 0.3 is 5.97 Å². The van der Waals surface area contributed by atoms with Crippen molar-refractivity contribution in [3.63, 3.8) is 0 Å². The molecule has 0 amide bonds. The largest absolute Gasteiger partial charge is 0.490 e. The standard InChI is InChI=1S/C21H21Br2NO5/c1-3-27-18-11-14(12-19(22)23)9-10-17(18)28-13-15-7-5-6-8-16(15)20(21(25)26)24-29-4-2/h5-12H,3-4,13H2,1-2H3,(H,25,26). The Hall–Kier alpha value is -2.32. The fraction of sp³-hybridized carbons (Fsp3) is 0.238. The number of rotatable bonds is 10. The molecule has 0 aromatic heterocycles. The summed E-state index contributed by atoms with van der Waals surface area (Å²) in [6, 6.07) is 12.6. The quantitative estimate of drug-likeness (QED) is 0.323. The summed E-state index contributed by atoms with van der Waals surface area (Å²) in [7, 11) is 0. The van der Waals surface area contributed by atoms with Crippen molar-refractivity contribution in [3.8, 4) is 11.5 Å². The second-order valence-electron chi connectivity index (χ2n) is 5.68.